The van der Waals surface area contributed by atoms with Crippen molar-refractivity contribution in [2.45, 2.75) is 12.8 Å². The second kappa shape index (κ2) is 3.90. The average molecular weight is 204 g/mol. The second-order valence-electron chi connectivity index (χ2n) is 4.10. The summed E-state index contributed by atoms with van der Waals surface area (Å²) in [5.74, 6) is 0.419. The van der Waals surface area contributed by atoms with Crippen molar-refractivity contribution in [2.75, 3.05) is 18.5 Å². The molecule has 1 aromatic carbocycles. The van der Waals surface area contributed by atoms with Crippen LogP contribution < -0.4 is 4.90 Å². The Labute approximate surface area is 88.9 Å². The van der Waals surface area contributed by atoms with Gasteiger partial charge in [0.15, 0.2) is 0 Å². The van der Waals surface area contributed by atoms with E-state index in [0.717, 1.165) is 12.5 Å². The number of halogens is 1. The van der Waals surface area contributed by atoms with Gasteiger partial charge in [-0.05, 0) is 37.0 Å². The fourth-order valence-electron chi connectivity index (χ4n) is 1.67. The summed E-state index contributed by atoms with van der Waals surface area (Å²) < 4.78 is 13.6. The van der Waals surface area contributed by atoms with Gasteiger partial charge < -0.3 is 4.90 Å². The predicted octanol–water partition coefficient (Wildman–Crippen LogP) is 2.54. The van der Waals surface area contributed by atoms with Crippen LogP contribution in [0.1, 0.15) is 18.4 Å². The topological polar surface area (TPSA) is 27.0 Å². The summed E-state index contributed by atoms with van der Waals surface area (Å²) in [6, 6.07) is 6.55. The number of hydrogen-bond donors (Lipinski definition) is 0. The molecule has 0 saturated heterocycles. The van der Waals surface area contributed by atoms with Gasteiger partial charge in [0.25, 0.3) is 0 Å². The van der Waals surface area contributed by atoms with Gasteiger partial charge >= 0.3 is 0 Å². The Morgan fingerprint density at radius 2 is 2.27 bits per heavy atom. The van der Waals surface area contributed by atoms with Gasteiger partial charge in [-0.15, -0.1) is 0 Å². The molecule has 0 atom stereocenters. The van der Waals surface area contributed by atoms with Crippen LogP contribution in [0.4, 0.5) is 10.1 Å². The molecule has 1 aliphatic rings. The van der Waals surface area contributed by atoms with Gasteiger partial charge in [0.05, 0.1) is 17.3 Å². The average Bonchev–Trinajstić information content (AvgIpc) is 3.01. The van der Waals surface area contributed by atoms with Gasteiger partial charge in [-0.3, -0.25) is 0 Å². The normalized spacial score (nSPS) is 14.7. The molecule has 2 nitrogen and oxygen atoms in total. The Morgan fingerprint density at radius 3 is 2.80 bits per heavy atom. The lowest BCUT2D eigenvalue weighted by molar-refractivity contribution is 0.619. The van der Waals surface area contributed by atoms with E-state index in [2.05, 4.69) is 0 Å². The second-order valence-corrected chi connectivity index (χ2v) is 4.10. The Hall–Kier alpha value is -1.56. The van der Waals surface area contributed by atoms with Gasteiger partial charge in [0.1, 0.15) is 5.82 Å². The molecule has 1 aliphatic carbocycles. The lowest BCUT2D eigenvalue weighted by Gasteiger charge is -2.19. The lowest BCUT2D eigenvalue weighted by Crippen LogP contribution is -2.21. The maximum absolute atomic E-state index is 13.6. The third-order valence-corrected chi connectivity index (χ3v) is 2.72. The van der Waals surface area contributed by atoms with E-state index in [1.807, 2.05) is 18.0 Å². The molecular weight excluding hydrogens is 191 g/mol. The molecule has 0 amide bonds. The maximum Gasteiger partial charge on any atom is 0.147 e. The fourth-order valence-corrected chi connectivity index (χ4v) is 1.67. The molecule has 0 N–H and O–H groups in total. The fraction of sp³-hybridized carbons (Fsp3) is 0.417. The molecule has 0 aromatic heterocycles. The zero-order chi connectivity index (χ0) is 10.8. The first kappa shape index (κ1) is 9.97. The molecule has 1 aromatic rings. The van der Waals surface area contributed by atoms with Crippen molar-refractivity contribution in [2.24, 2.45) is 5.92 Å². The van der Waals surface area contributed by atoms with E-state index >= 15 is 0 Å². The number of anilines is 1. The van der Waals surface area contributed by atoms with Crippen LogP contribution in [-0.4, -0.2) is 13.6 Å². The number of rotatable bonds is 3. The summed E-state index contributed by atoms with van der Waals surface area (Å²) in [7, 11) is 1.89. The van der Waals surface area contributed by atoms with E-state index in [-0.39, 0.29) is 5.82 Å². The zero-order valence-corrected chi connectivity index (χ0v) is 8.70. The van der Waals surface area contributed by atoms with Crippen molar-refractivity contribution in [1.29, 1.82) is 5.26 Å². The van der Waals surface area contributed by atoms with Crippen molar-refractivity contribution in [3.05, 3.63) is 29.6 Å². The van der Waals surface area contributed by atoms with Crippen molar-refractivity contribution in [3.8, 4) is 6.07 Å². The molecule has 0 radical (unpaired) electrons. The summed E-state index contributed by atoms with van der Waals surface area (Å²) in [5.41, 5.74) is 0.956. The van der Waals surface area contributed by atoms with Crippen LogP contribution in [0.5, 0.6) is 0 Å². The third kappa shape index (κ3) is 2.27. The van der Waals surface area contributed by atoms with Gasteiger partial charge in [-0.1, -0.05) is 0 Å². The van der Waals surface area contributed by atoms with E-state index in [1.165, 1.54) is 18.9 Å². The highest BCUT2D eigenvalue weighted by atomic mass is 19.1. The van der Waals surface area contributed by atoms with Gasteiger partial charge in [0, 0.05) is 13.6 Å². The lowest BCUT2D eigenvalue weighted by atomic mass is 10.2. The highest BCUT2D eigenvalue weighted by molar-refractivity contribution is 5.50. The van der Waals surface area contributed by atoms with Crippen LogP contribution >= 0.6 is 0 Å². The number of hydrogen-bond acceptors (Lipinski definition) is 2. The van der Waals surface area contributed by atoms with Crippen LogP contribution in [0.15, 0.2) is 18.2 Å². The number of nitriles is 1. The molecule has 1 saturated carbocycles. The van der Waals surface area contributed by atoms with Crippen molar-refractivity contribution in [3.63, 3.8) is 0 Å². The van der Waals surface area contributed by atoms with Crippen LogP contribution in [0, 0.1) is 23.1 Å². The first-order valence-electron chi connectivity index (χ1n) is 5.11. The first-order chi connectivity index (χ1) is 7.20. The molecule has 0 spiro atoms. The standard InChI is InChI=1S/C12H13FN2/c1-15(8-9-2-3-9)12-5-4-10(7-14)6-11(12)13/h4-6,9H,2-3,8H2,1H3. The van der Waals surface area contributed by atoms with E-state index in [4.69, 9.17) is 5.26 Å². The molecule has 78 valence electrons. The summed E-state index contributed by atoms with van der Waals surface area (Å²) >= 11 is 0. The summed E-state index contributed by atoms with van der Waals surface area (Å²) in [4.78, 5) is 1.92. The highest BCUT2D eigenvalue weighted by Crippen LogP contribution is 2.31. The smallest absolute Gasteiger partial charge is 0.147 e. The van der Waals surface area contributed by atoms with Crippen LogP contribution in [0.2, 0.25) is 0 Å². The summed E-state index contributed by atoms with van der Waals surface area (Å²) in [5, 5.41) is 8.62. The molecule has 2 rings (SSSR count). The third-order valence-electron chi connectivity index (χ3n) is 2.72. The largest absolute Gasteiger partial charge is 0.372 e. The van der Waals surface area contributed by atoms with Gasteiger partial charge in [-0.2, -0.15) is 5.26 Å². The van der Waals surface area contributed by atoms with E-state index in [0.29, 0.717) is 11.3 Å². The molecule has 0 unspecified atom stereocenters. The van der Waals surface area contributed by atoms with Crippen molar-refractivity contribution >= 4 is 5.69 Å². The minimum absolute atomic E-state index is 0.308. The van der Waals surface area contributed by atoms with Crippen LogP contribution in [0.25, 0.3) is 0 Å². The van der Waals surface area contributed by atoms with E-state index in [1.54, 1.807) is 12.1 Å². The van der Waals surface area contributed by atoms with E-state index < -0.39 is 0 Å². The monoisotopic (exact) mass is 204 g/mol. The molecule has 0 bridgehead atoms. The Kier molecular flexibility index (Phi) is 2.59. The Bertz CT molecular complexity index is 405. The molecule has 1 fully saturated rings. The Balaban J connectivity index is 2.16. The SMILES string of the molecule is CN(CC1CC1)c1ccc(C#N)cc1F. The summed E-state index contributed by atoms with van der Waals surface area (Å²) in [6.45, 7) is 0.906. The van der Waals surface area contributed by atoms with Crippen molar-refractivity contribution < 1.29 is 4.39 Å². The number of nitrogens with zero attached hydrogens (tertiary/aromatic N) is 2. The molecule has 3 heteroatoms. The quantitative estimate of drug-likeness (QED) is 0.756. The van der Waals surface area contributed by atoms with Crippen LogP contribution in [-0.2, 0) is 0 Å². The summed E-state index contributed by atoms with van der Waals surface area (Å²) in [6.07, 6.45) is 2.50. The molecular formula is C12H13FN2. The van der Waals surface area contributed by atoms with Crippen molar-refractivity contribution in [1.82, 2.24) is 0 Å². The maximum atomic E-state index is 13.6. The zero-order valence-electron chi connectivity index (χ0n) is 8.70. The first-order valence-corrected chi connectivity index (χ1v) is 5.11. The number of benzene rings is 1. The van der Waals surface area contributed by atoms with Crippen LogP contribution in [0.3, 0.4) is 0 Å². The predicted molar refractivity (Wildman–Crippen MR) is 57.1 cm³/mol. The minimum atomic E-state index is -0.308. The van der Waals surface area contributed by atoms with Gasteiger partial charge in [-0.25, -0.2) is 4.39 Å². The minimum Gasteiger partial charge on any atom is -0.372 e. The molecule has 0 heterocycles. The highest BCUT2D eigenvalue weighted by Gasteiger charge is 2.23. The molecule has 0 aliphatic heterocycles. The Morgan fingerprint density at radius 1 is 1.53 bits per heavy atom. The van der Waals surface area contributed by atoms with Gasteiger partial charge in [0.2, 0.25) is 0 Å². The molecule has 15 heavy (non-hydrogen) atoms. The van der Waals surface area contributed by atoms with E-state index in [9.17, 15) is 4.39 Å².